The summed E-state index contributed by atoms with van der Waals surface area (Å²) in [6.07, 6.45) is 5.41. The topological polar surface area (TPSA) is 75.4 Å². The van der Waals surface area contributed by atoms with Gasteiger partial charge in [-0.3, -0.25) is 0 Å². The van der Waals surface area contributed by atoms with Gasteiger partial charge in [0, 0.05) is 14.1 Å². The maximum Gasteiger partial charge on any atom is 0.279 e. The number of nitrogens with one attached hydrogen (secondary N) is 1. The van der Waals surface area contributed by atoms with Crippen LogP contribution in [0.3, 0.4) is 0 Å². The van der Waals surface area contributed by atoms with E-state index < -0.39 is 16.3 Å². The maximum atomic E-state index is 11.8. The zero-order valence-corrected chi connectivity index (χ0v) is 12.0. The van der Waals surface area contributed by atoms with Crippen LogP contribution in [0.15, 0.2) is 0 Å². The average Bonchev–Trinajstić information content (AvgIpc) is 2.26. The van der Waals surface area contributed by atoms with Crippen molar-refractivity contribution in [1.29, 1.82) is 0 Å². The van der Waals surface area contributed by atoms with Crippen molar-refractivity contribution in [3.63, 3.8) is 0 Å². The van der Waals surface area contributed by atoms with Gasteiger partial charge >= 0.3 is 0 Å². The van der Waals surface area contributed by atoms with E-state index in [4.69, 9.17) is 18.0 Å². The van der Waals surface area contributed by atoms with Gasteiger partial charge in [-0.25, -0.2) is 0 Å². The predicted molar refractivity (Wildman–Crippen MR) is 72.9 cm³/mol. The van der Waals surface area contributed by atoms with Gasteiger partial charge in [-0.1, -0.05) is 31.5 Å². The third-order valence-electron chi connectivity index (χ3n) is 3.18. The highest BCUT2D eigenvalue weighted by molar-refractivity contribution is 7.87. The van der Waals surface area contributed by atoms with Crippen LogP contribution in [0.4, 0.5) is 0 Å². The summed E-state index contributed by atoms with van der Waals surface area (Å²) in [4.78, 5) is 0.238. The average molecular weight is 279 g/mol. The predicted octanol–water partition coefficient (Wildman–Crippen LogP) is 0.617. The van der Waals surface area contributed by atoms with Crippen molar-refractivity contribution in [2.75, 3.05) is 14.1 Å². The molecule has 0 bridgehead atoms. The van der Waals surface area contributed by atoms with Crippen LogP contribution >= 0.6 is 12.2 Å². The molecule has 1 fully saturated rings. The minimum Gasteiger partial charge on any atom is -0.392 e. The molecule has 100 valence electrons. The first-order valence-electron chi connectivity index (χ1n) is 5.83. The third kappa shape index (κ3) is 4.17. The molecule has 1 unspecified atom stereocenters. The summed E-state index contributed by atoms with van der Waals surface area (Å²) in [5.41, 5.74) is 5.66. The number of nitrogens with zero attached hydrogens (tertiary/aromatic N) is 1. The molecule has 0 aromatic carbocycles. The smallest absolute Gasteiger partial charge is 0.279 e. The largest absolute Gasteiger partial charge is 0.392 e. The molecule has 1 aliphatic rings. The Morgan fingerprint density at radius 1 is 1.35 bits per heavy atom. The molecule has 0 aliphatic heterocycles. The first-order chi connectivity index (χ1) is 7.84. The summed E-state index contributed by atoms with van der Waals surface area (Å²) >= 11 is 4.98. The van der Waals surface area contributed by atoms with Crippen LogP contribution in [0.25, 0.3) is 0 Å². The highest BCUT2D eigenvalue weighted by Crippen LogP contribution is 2.27. The zero-order chi connectivity index (χ0) is 13.1. The van der Waals surface area contributed by atoms with E-state index in [2.05, 4.69) is 4.72 Å². The lowest BCUT2D eigenvalue weighted by atomic mass is 9.84. The van der Waals surface area contributed by atoms with E-state index in [-0.39, 0.29) is 10.9 Å². The van der Waals surface area contributed by atoms with Crippen molar-refractivity contribution >= 4 is 27.4 Å². The maximum absolute atomic E-state index is 11.8. The van der Waals surface area contributed by atoms with E-state index in [9.17, 15) is 8.42 Å². The van der Waals surface area contributed by atoms with Crippen LogP contribution in [0.5, 0.6) is 0 Å². The minimum atomic E-state index is -3.48. The van der Waals surface area contributed by atoms with Crippen molar-refractivity contribution in [3.8, 4) is 0 Å². The second-order valence-electron chi connectivity index (χ2n) is 4.68. The molecule has 1 atom stereocenters. The molecule has 0 aromatic heterocycles. The molecule has 1 saturated carbocycles. The summed E-state index contributed by atoms with van der Waals surface area (Å²) < 4.78 is 27.3. The summed E-state index contributed by atoms with van der Waals surface area (Å²) in [5, 5.41) is 0. The fraction of sp³-hybridized carbons (Fsp3) is 0.900. The Balaban J connectivity index is 2.76. The van der Waals surface area contributed by atoms with Crippen LogP contribution < -0.4 is 10.5 Å². The molecule has 7 heteroatoms. The van der Waals surface area contributed by atoms with Gasteiger partial charge in [0.25, 0.3) is 10.2 Å². The molecule has 3 N–H and O–H groups in total. The Kier molecular flexibility index (Phi) is 5.30. The van der Waals surface area contributed by atoms with Gasteiger partial charge in [0.15, 0.2) is 0 Å². The van der Waals surface area contributed by atoms with E-state index in [0.29, 0.717) is 0 Å². The molecule has 1 rings (SSSR count). The molecule has 0 spiro atoms. The second kappa shape index (κ2) is 6.08. The van der Waals surface area contributed by atoms with Gasteiger partial charge in [-0.2, -0.15) is 17.4 Å². The summed E-state index contributed by atoms with van der Waals surface area (Å²) in [5.74, 6) is 0.232. The first-order valence-corrected chi connectivity index (χ1v) is 7.68. The lowest BCUT2D eigenvalue weighted by molar-refractivity contribution is 0.327. The van der Waals surface area contributed by atoms with Crippen LogP contribution in [0.2, 0.25) is 0 Å². The number of rotatable bonds is 5. The van der Waals surface area contributed by atoms with Gasteiger partial charge in [-0.05, 0) is 18.8 Å². The SMILES string of the molecule is CN(C)S(=O)(=O)NC(C(N)=S)C1CCCCC1. The van der Waals surface area contributed by atoms with E-state index in [1.165, 1.54) is 20.5 Å². The lowest BCUT2D eigenvalue weighted by Gasteiger charge is -2.30. The van der Waals surface area contributed by atoms with E-state index in [1.807, 2.05) is 0 Å². The van der Waals surface area contributed by atoms with Crippen LogP contribution in [-0.4, -0.2) is 37.8 Å². The quantitative estimate of drug-likeness (QED) is 0.723. The van der Waals surface area contributed by atoms with Gasteiger partial charge in [0.05, 0.1) is 11.0 Å². The van der Waals surface area contributed by atoms with Gasteiger partial charge < -0.3 is 5.73 Å². The molecule has 1 aliphatic carbocycles. The van der Waals surface area contributed by atoms with Crippen molar-refractivity contribution in [1.82, 2.24) is 9.03 Å². The highest BCUT2D eigenvalue weighted by atomic mass is 32.2. The summed E-state index contributed by atoms with van der Waals surface area (Å²) in [7, 11) is -0.504. The molecule has 0 saturated heterocycles. The Bertz CT molecular complexity index is 362. The summed E-state index contributed by atoms with van der Waals surface area (Å²) in [6, 6.07) is -0.419. The minimum absolute atomic E-state index is 0.232. The standard InChI is InChI=1S/C10H21N3O2S2/c1-13(2)17(14,15)12-9(10(11)16)8-6-4-3-5-7-8/h8-9,12H,3-7H2,1-2H3,(H2,11,16). The van der Waals surface area contributed by atoms with Gasteiger partial charge in [0.2, 0.25) is 0 Å². The fourth-order valence-corrected chi connectivity index (χ4v) is 3.30. The first kappa shape index (κ1) is 14.8. The second-order valence-corrected chi connectivity index (χ2v) is 7.07. The van der Waals surface area contributed by atoms with E-state index in [0.717, 1.165) is 30.0 Å². The molecule has 17 heavy (non-hydrogen) atoms. The normalized spacial score (nSPS) is 20.4. The van der Waals surface area contributed by atoms with Crippen LogP contribution in [0, 0.1) is 5.92 Å². The molecule has 0 aromatic rings. The number of nitrogens with two attached hydrogens (primary N) is 1. The van der Waals surface area contributed by atoms with Crippen molar-refractivity contribution < 1.29 is 8.42 Å². The van der Waals surface area contributed by atoms with Crippen molar-refractivity contribution in [2.45, 2.75) is 38.1 Å². The molecular formula is C10H21N3O2S2. The Labute approximate surface area is 109 Å². The molecule has 5 nitrogen and oxygen atoms in total. The van der Waals surface area contributed by atoms with Crippen LogP contribution in [0.1, 0.15) is 32.1 Å². The molecule has 0 radical (unpaired) electrons. The van der Waals surface area contributed by atoms with Crippen molar-refractivity contribution in [3.05, 3.63) is 0 Å². The van der Waals surface area contributed by atoms with Gasteiger partial charge in [-0.15, -0.1) is 0 Å². The zero-order valence-electron chi connectivity index (χ0n) is 10.3. The number of thiocarbonyl (C=S) groups is 1. The third-order valence-corrected chi connectivity index (χ3v) is 4.95. The Morgan fingerprint density at radius 3 is 2.29 bits per heavy atom. The Morgan fingerprint density at radius 2 is 1.88 bits per heavy atom. The Hall–Kier alpha value is -0.240. The van der Waals surface area contributed by atoms with Crippen LogP contribution in [-0.2, 0) is 10.2 Å². The number of hydrogen-bond donors (Lipinski definition) is 2. The summed E-state index contributed by atoms with van der Waals surface area (Å²) in [6.45, 7) is 0. The monoisotopic (exact) mass is 279 g/mol. The number of hydrogen-bond acceptors (Lipinski definition) is 3. The van der Waals surface area contributed by atoms with Crippen molar-refractivity contribution in [2.24, 2.45) is 11.7 Å². The fourth-order valence-electron chi connectivity index (χ4n) is 2.12. The molecule has 0 heterocycles. The molecule has 0 amide bonds. The van der Waals surface area contributed by atoms with E-state index >= 15 is 0 Å². The van der Waals surface area contributed by atoms with Gasteiger partial charge in [0.1, 0.15) is 0 Å². The lowest BCUT2D eigenvalue weighted by Crippen LogP contribution is -2.51. The molecular weight excluding hydrogens is 258 g/mol. The highest BCUT2D eigenvalue weighted by Gasteiger charge is 2.30. The van der Waals surface area contributed by atoms with E-state index in [1.54, 1.807) is 0 Å².